The van der Waals surface area contributed by atoms with Gasteiger partial charge in [-0.2, -0.15) is 0 Å². The van der Waals surface area contributed by atoms with Gasteiger partial charge in [0.2, 0.25) is 0 Å². The Bertz CT molecular complexity index is 1070. The quantitative estimate of drug-likeness (QED) is 0.515. The third-order valence-corrected chi connectivity index (χ3v) is 5.88. The van der Waals surface area contributed by atoms with Crippen molar-refractivity contribution in [3.8, 4) is 23.0 Å². The molecule has 0 aromatic heterocycles. The van der Waals surface area contributed by atoms with Gasteiger partial charge >= 0.3 is 5.97 Å². The number of ether oxygens (including phenoxy) is 4. The number of carboxylic acids is 1. The van der Waals surface area contributed by atoms with Gasteiger partial charge in [-0.05, 0) is 24.6 Å². The van der Waals surface area contributed by atoms with Gasteiger partial charge in [0.1, 0.15) is 29.0 Å². The number of carbonyl (C=O) groups is 1. The highest BCUT2D eigenvalue weighted by molar-refractivity contribution is 7.93. The normalized spacial score (nSPS) is 12.3. The minimum Gasteiger partial charge on any atom is -0.497 e. The zero-order chi connectivity index (χ0) is 23.9. The molecule has 0 unspecified atom stereocenters. The van der Waals surface area contributed by atoms with Gasteiger partial charge in [0.25, 0.3) is 0 Å². The lowest BCUT2D eigenvalue weighted by molar-refractivity contribution is -0.137. The molecule has 0 saturated carbocycles. The van der Waals surface area contributed by atoms with E-state index in [0.29, 0.717) is 39.8 Å². The van der Waals surface area contributed by atoms with E-state index in [-0.39, 0.29) is 5.75 Å². The molecule has 174 valence electrons. The van der Waals surface area contributed by atoms with E-state index < -0.39 is 21.8 Å². The molecule has 2 N–H and O–H groups in total. The van der Waals surface area contributed by atoms with E-state index in [0.717, 1.165) is 5.41 Å². The molecule has 1 atom stereocenters. The molecular weight excluding hydrogens is 438 g/mol. The molecular formula is C22H27NO8S. The standard InChI is InChI=1S/C22H27NO8S/c1-14(22(24)25)23-19-10-16(28-2)7-6-15(19)13-32(26,27)9-8-18-20(30-4)11-17(29-3)12-21(18)31-5/h6-12,14,23H,13H2,1-5H3,(H,24,25)/b9-8+/t14-/m1/s1. The Hall–Kier alpha value is -3.40. The second kappa shape index (κ2) is 10.8. The summed E-state index contributed by atoms with van der Waals surface area (Å²) < 4.78 is 46.8. The Morgan fingerprint density at radius 1 is 1.00 bits per heavy atom. The van der Waals surface area contributed by atoms with Crippen molar-refractivity contribution in [3.05, 3.63) is 46.9 Å². The highest BCUT2D eigenvalue weighted by atomic mass is 32.2. The van der Waals surface area contributed by atoms with Gasteiger partial charge in [-0.3, -0.25) is 4.79 Å². The molecule has 32 heavy (non-hydrogen) atoms. The zero-order valence-electron chi connectivity index (χ0n) is 18.5. The second-order valence-corrected chi connectivity index (χ2v) is 8.67. The summed E-state index contributed by atoms with van der Waals surface area (Å²) in [6, 6.07) is 7.06. The van der Waals surface area contributed by atoms with Crippen molar-refractivity contribution < 1.29 is 37.3 Å². The third-order valence-electron chi connectivity index (χ3n) is 4.61. The molecule has 0 saturated heterocycles. The molecule has 2 rings (SSSR count). The first kappa shape index (κ1) is 24.9. The van der Waals surface area contributed by atoms with Crippen molar-refractivity contribution in [2.24, 2.45) is 0 Å². The van der Waals surface area contributed by atoms with Crippen molar-refractivity contribution in [1.29, 1.82) is 0 Å². The van der Waals surface area contributed by atoms with Crippen LogP contribution in [-0.4, -0.2) is 54.0 Å². The molecule has 0 amide bonds. The van der Waals surface area contributed by atoms with Gasteiger partial charge in [0.15, 0.2) is 9.84 Å². The Morgan fingerprint density at radius 3 is 2.09 bits per heavy atom. The predicted octanol–water partition coefficient (Wildman–Crippen LogP) is 3.19. The number of nitrogens with one attached hydrogen (secondary N) is 1. The highest BCUT2D eigenvalue weighted by Crippen LogP contribution is 2.35. The maximum Gasteiger partial charge on any atom is 0.325 e. The van der Waals surface area contributed by atoms with Crippen LogP contribution >= 0.6 is 0 Å². The van der Waals surface area contributed by atoms with Crippen LogP contribution in [0.5, 0.6) is 23.0 Å². The van der Waals surface area contributed by atoms with Crippen LogP contribution < -0.4 is 24.3 Å². The number of rotatable bonds is 11. The van der Waals surface area contributed by atoms with Crippen LogP contribution in [0.3, 0.4) is 0 Å². The molecule has 2 aromatic carbocycles. The van der Waals surface area contributed by atoms with Crippen molar-refractivity contribution in [2.75, 3.05) is 33.8 Å². The Kier molecular flexibility index (Phi) is 8.36. The fraction of sp³-hybridized carbons (Fsp3) is 0.318. The Morgan fingerprint density at radius 2 is 1.59 bits per heavy atom. The van der Waals surface area contributed by atoms with E-state index in [4.69, 9.17) is 18.9 Å². The molecule has 0 fully saturated rings. The van der Waals surface area contributed by atoms with Crippen LogP contribution in [0.15, 0.2) is 35.7 Å². The van der Waals surface area contributed by atoms with E-state index in [1.807, 2.05) is 0 Å². The molecule has 0 bridgehead atoms. The van der Waals surface area contributed by atoms with Gasteiger partial charge < -0.3 is 29.4 Å². The lowest BCUT2D eigenvalue weighted by atomic mass is 10.1. The van der Waals surface area contributed by atoms with Crippen molar-refractivity contribution in [3.63, 3.8) is 0 Å². The summed E-state index contributed by atoms with van der Waals surface area (Å²) in [4.78, 5) is 11.2. The van der Waals surface area contributed by atoms with Gasteiger partial charge in [0, 0.05) is 29.3 Å². The monoisotopic (exact) mass is 465 g/mol. The van der Waals surface area contributed by atoms with Crippen LogP contribution in [0.25, 0.3) is 6.08 Å². The van der Waals surface area contributed by atoms with Crippen LogP contribution in [0.4, 0.5) is 5.69 Å². The smallest absolute Gasteiger partial charge is 0.325 e. The number of methoxy groups -OCH3 is 4. The fourth-order valence-corrected chi connectivity index (χ4v) is 4.00. The first-order valence-electron chi connectivity index (χ1n) is 9.51. The summed E-state index contributed by atoms with van der Waals surface area (Å²) in [6.07, 6.45) is 1.39. The summed E-state index contributed by atoms with van der Waals surface area (Å²) in [5.74, 6) is 0.308. The average Bonchev–Trinajstić information content (AvgIpc) is 2.77. The molecule has 0 heterocycles. The maximum atomic E-state index is 12.9. The Balaban J connectivity index is 2.39. The van der Waals surface area contributed by atoms with Crippen molar-refractivity contribution in [1.82, 2.24) is 0 Å². The second-order valence-electron chi connectivity index (χ2n) is 6.78. The van der Waals surface area contributed by atoms with Gasteiger partial charge in [-0.15, -0.1) is 0 Å². The summed E-state index contributed by atoms with van der Waals surface area (Å²) in [5.41, 5.74) is 1.19. The molecule has 0 aliphatic carbocycles. The molecule has 0 aliphatic rings. The molecule has 0 aliphatic heterocycles. The van der Waals surface area contributed by atoms with E-state index in [9.17, 15) is 18.3 Å². The number of hydrogen-bond donors (Lipinski definition) is 2. The first-order valence-corrected chi connectivity index (χ1v) is 11.2. The number of anilines is 1. The topological polar surface area (TPSA) is 120 Å². The van der Waals surface area contributed by atoms with Crippen LogP contribution in [0.2, 0.25) is 0 Å². The van der Waals surface area contributed by atoms with Crippen LogP contribution in [-0.2, 0) is 20.4 Å². The molecule has 10 heteroatoms. The third kappa shape index (κ3) is 6.30. The number of hydrogen-bond acceptors (Lipinski definition) is 8. The minimum atomic E-state index is -3.75. The average molecular weight is 466 g/mol. The van der Waals surface area contributed by atoms with E-state index in [1.54, 1.807) is 30.3 Å². The number of carboxylic acid groups (broad SMARTS) is 1. The number of benzene rings is 2. The summed E-state index contributed by atoms with van der Waals surface area (Å²) in [7, 11) is 2.13. The summed E-state index contributed by atoms with van der Waals surface area (Å²) in [6.45, 7) is 1.46. The minimum absolute atomic E-state index is 0.357. The van der Waals surface area contributed by atoms with Crippen LogP contribution in [0.1, 0.15) is 18.1 Å². The van der Waals surface area contributed by atoms with Gasteiger partial charge in [-0.25, -0.2) is 8.42 Å². The zero-order valence-corrected chi connectivity index (χ0v) is 19.4. The van der Waals surface area contributed by atoms with Gasteiger partial charge in [0.05, 0.1) is 39.8 Å². The van der Waals surface area contributed by atoms with E-state index >= 15 is 0 Å². The molecule has 0 radical (unpaired) electrons. The molecule has 0 spiro atoms. The molecule has 2 aromatic rings. The lowest BCUT2D eigenvalue weighted by Gasteiger charge is -2.16. The fourth-order valence-electron chi connectivity index (χ4n) is 2.87. The molecule has 9 nitrogen and oxygen atoms in total. The number of aliphatic carboxylic acids is 1. The van der Waals surface area contributed by atoms with Crippen molar-refractivity contribution in [2.45, 2.75) is 18.7 Å². The van der Waals surface area contributed by atoms with Gasteiger partial charge in [-0.1, -0.05) is 6.07 Å². The Labute approximate surface area is 187 Å². The SMILES string of the molecule is COc1ccc(CS(=O)(=O)/C=C/c2c(OC)cc(OC)cc2OC)c(N[C@H](C)C(=O)O)c1. The van der Waals surface area contributed by atoms with Crippen molar-refractivity contribution >= 4 is 27.6 Å². The summed E-state index contributed by atoms with van der Waals surface area (Å²) >= 11 is 0. The number of sulfone groups is 1. The maximum absolute atomic E-state index is 12.9. The lowest BCUT2D eigenvalue weighted by Crippen LogP contribution is -2.26. The first-order chi connectivity index (χ1) is 15.1. The predicted molar refractivity (Wildman–Crippen MR) is 121 cm³/mol. The van der Waals surface area contributed by atoms with E-state index in [2.05, 4.69) is 5.32 Å². The largest absolute Gasteiger partial charge is 0.497 e. The summed E-state index contributed by atoms with van der Waals surface area (Å²) in [5, 5.41) is 13.1. The van der Waals surface area contributed by atoms with Crippen LogP contribution in [0, 0.1) is 0 Å². The highest BCUT2D eigenvalue weighted by Gasteiger charge is 2.18. The van der Waals surface area contributed by atoms with E-state index in [1.165, 1.54) is 41.4 Å².